The Morgan fingerprint density at radius 1 is 1.20 bits per heavy atom. The van der Waals surface area contributed by atoms with Crippen LogP contribution in [0.5, 0.6) is 0 Å². The predicted molar refractivity (Wildman–Crippen MR) is 86.1 cm³/mol. The Kier molecular flexibility index (Phi) is 5.90. The number of aliphatic hydroxyl groups excluding tert-OH is 1. The number of nitrogens with one attached hydrogen (secondary N) is 1. The van der Waals surface area contributed by atoms with Gasteiger partial charge in [-0.25, -0.2) is 0 Å². The second kappa shape index (κ2) is 7.68. The van der Waals surface area contributed by atoms with Crippen LogP contribution < -0.4 is 5.32 Å². The quantitative estimate of drug-likeness (QED) is 0.814. The molecule has 2 N–H and O–H groups in total. The van der Waals surface area contributed by atoms with Crippen LogP contribution in [0.1, 0.15) is 51.5 Å². The van der Waals surface area contributed by atoms with Crippen molar-refractivity contribution in [2.75, 3.05) is 11.9 Å². The van der Waals surface area contributed by atoms with Crippen molar-refractivity contribution in [2.24, 2.45) is 11.8 Å². The maximum atomic E-state index is 8.91. The lowest BCUT2D eigenvalue weighted by molar-refractivity contribution is 0.267. The molecule has 0 amide bonds. The van der Waals surface area contributed by atoms with Gasteiger partial charge in [-0.05, 0) is 68.1 Å². The molecule has 1 aliphatic carbocycles. The third kappa shape index (κ3) is 4.52. The fourth-order valence-electron chi connectivity index (χ4n) is 3.27. The number of aryl methyl sites for hydroxylation is 1. The maximum Gasteiger partial charge on any atom is 0.0434 e. The van der Waals surface area contributed by atoms with Crippen LogP contribution in [0.4, 0.5) is 5.69 Å². The van der Waals surface area contributed by atoms with Crippen LogP contribution in [0.2, 0.25) is 0 Å². The summed E-state index contributed by atoms with van der Waals surface area (Å²) in [6, 6.07) is 9.31. The van der Waals surface area contributed by atoms with Crippen LogP contribution in [0.25, 0.3) is 0 Å². The Labute approximate surface area is 123 Å². The lowest BCUT2D eigenvalue weighted by Gasteiger charge is -2.32. The van der Waals surface area contributed by atoms with Gasteiger partial charge in [-0.3, -0.25) is 0 Å². The van der Waals surface area contributed by atoms with Gasteiger partial charge in [0.1, 0.15) is 0 Å². The fraction of sp³-hybridized carbons (Fsp3) is 0.667. The van der Waals surface area contributed by atoms with Crippen molar-refractivity contribution in [3.05, 3.63) is 29.8 Å². The lowest BCUT2D eigenvalue weighted by atomic mass is 9.79. The normalized spacial score (nSPS) is 23.0. The van der Waals surface area contributed by atoms with E-state index >= 15 is 0 Å². The van der Waals surface area contributed by atoms with Crippen LogP contribution in [0, 0.1) is 11.8 Å². The number of rotatable bonds is 6. The minimum atomic E-state index is 0.275. The molecule has 1 saturated carbocycles. The third-order valence-corrected chi connectivity index (χ3v) is 4.64. The highest BCUT2D eigenvalue weighted by Gasteiger charge is 2.22. The molecule has 0 spiro atoms. The van der Waals surface area contributed by atoms with Gasteiger partial charge >= 0.3 is 0 Å². The van der Waals surface area contributed by atoms with E-state index in [4.69, 9.17) is 5.11 Å². The van der Waals surface area contributed by atoms with E-state index in [0.717, 1.165) is 24.7 Å². The van der Waals surface area contributed by atoms with E-state index in [9.17, 15) is 0 Å². The molecule has 112 valence electrons. The van der Waals surface area contributed by atoms with Crippen molar-refractivity contribution in [2.45, 2.75) is 58.4 Å². The van der Waals surface area contributed by atoms with Gasteiger partial charge in [0.25, 0.3) is 0 Å². The molecule has 0 radical (unpaired) electrons. The second-order valence-electron chi connectivity index (χ2n) is 6.53. The van der Waals surface area contributed by atoms with Gasteiger partial charge in [0.05, 0.1) is 0 Å². The first-order chi connectivity index (χ1) is 9.69. The molecular formula is C18H29NO. The molecule has 2 rings (SSSR count). The molecule has 0 heterocycles. The molecule has 2 nitrogen and oxygen atoms in total. The summed E-state index contributed by atoms with van der Waals surface area (Å²) in [4.78, 5) is 0. The summed E-state index contributed by atoms with van der Waals surface area (Å²) in [7, 11) is 0. The number of aliphatic hydroxyl groups is 1. The molecule has 0 saturated heterocycles. The molecule has 2 heteroatoms. The topological polar surface area (TPSA) is 32.3 Å². The zero-order chi connectivity index (χ0) is 14.4. The Balaban J connectivity index is 1.84. The molecule has 0 atom stereocenters. The van der Waals surface area contributed by atoms with Crippen LogP contribution in [0.15, 0.2) is 24.3 Å². The van der Waals surface area contributed by atoms with Crippen LogP contribution in [-0.2, 0) is 6.42 Å². The summed E-state index contributed by atoms with van der Waals surface area (Å²) in [6.07, 6.45) is 7.13. The minimum Gasteiger partial charge on any atom is -0.396 e. The van der Waals surface area contributed by atoms with E-state index in [-0.39, 0.29) is 6.61 Å². The summed E-state index contributed by atoms with van der Waals surface area (Å²) in [5.74, 6) is 1.75. The SMILES string of the molecule is CC(C)C1CCC(Nc2cccc(CCCO)c2)CC1. The standard InChI is InChI=1S/C18H29NO/c1-14(2)16-8-10-17(11-9-16)19-18-7-3-5-15(13-18)6-4-12-20/h3,5,7,13-14,16-17,19-20H,4,6,8-12H2,1-2H3. The van der Waals surface area contributed by atoms with Crippen LogP contribution in [0.3, 0.4) is 0 Å². The largest absolute Gasteiger partial charge is 0.396 e. The van der Waals surface area contributed by atoms with Crippen molar-refractivity contribution >= 4 is 5.69 Å². The van der Waals surface area contributed by atoms with Gasteiger partial charge in [-0.2, -0.15) is 0 Å². The fourth-order valence-corrected chi connectivity index (χ4v) is 3.27. The molecule has 0 unspecified atom stereocenters. The Bertz CT molecular complexity index is 394. The monoisotopic (exact) mass is 275 g/mol. The van der Waals surface area contributed by atoms with Crippen molar-refractivity contribution in [1.29, 1.82) is 0 Å². The number of benzene rings is 1. The first-order valence-electron chi connectivity index (χ1n) is 8.15. The van der Waals surface area contributed by atoms with Gasteiger partial charge in [-0.15, -0.1) is 0 Å². The van der Waals surface area contributed by atoms with E-state index in [1.54, 1.807) is 0 Å². The molecule has 0 aromatic heterocycles. The molecule has 1 aliphatic rings. The number of anilines is 1. The number of hydrogen-bond acceptors (Lipinski definition) is 2. The number of hydrogen-bond donors (Lipinski definition) is 2. The van der Waals surface area contributed by atoms with Crippen LogP contribution in [-0.4, -0.2) is 17.8 Å². The van der Waals surface area contributed by atoms with Crippen molar-refractivity contribution in [3.8, 4) is 0 Å². The van der Waals surface area contributed by atoms with Crippen molar-refractivity contribution < 1.29 is 5.11 Å². The molecule has 1 aromatic rings. The van der Waals surface area contributed by atoms with E-state index in [1.807, 2.05) is 0 Å². The van der Waals surface area contributed by atoms with Gasteiger partial charge in [-0.1, -0.05) is 26.0 Å². The molecule has 1 aromatic carbocycles. The smallest absolute Gasteiger partial charge is 0.0434 e. The summed E-state index contributed by atoms with van der Waals surface area (Å²) >= 11 is 0. The van der Waals surface area contributed by atoms with Gasteiger partial charge in [0.15, 0.2) is 0 Å². The van der Waals surface area contributed by atoms with E-state index < -0.39 is 0 Å². The summed E-state index contributed by atoms with van der Waals surface area (Å²) in [5, 5.41) is 12.6. The zero-order valence-electron chi connectivity index (χ0n) is 12.9. The second-order valence-corrected chi connectivity index (χ2v) is 6.53. The Morgan fingerprint density at radius 3 is 2.60 bits per heavy atom. The Hall–Kier alpha value is -1.02. The van der Waals surface area contributed by atoms with Gasteiger partial charge < -0.3 is 10.4 Å². The predicted octanol–water partition coefficient (Wildman–Crippen LogP) is 4.24. The average Bonchev–Trinajstić information content (AvgIpc) is 2.46. The van der Waals surface area contributed by atoms with E-state index in [2.05, 4.69) is 43.4 Å². The first kappa shape index (κ1) is 15.4. The maximum absolute atomic E-state index is 8.91. The zero-order valence-corrected chi connectivity index (χ0v) is 12.9. The molecule has 0 aliphatic heterocycles. The summed E-state index contributed by atoms with van der Waals surface area (Å²) in [6.45, 7) is 4.98. The van der Waals surface area contributed by atoms with Gasteiger partial charge in [0, 0.05) is 18.3 Å². The molecule has 1 fully saturated rings. The van der Waals surface area contributed by atoms with E-state index in [0.29, 0.717) is 6.04 Å². The summed E-state index contributed by atoms with van der Waals surface area (Å²) < 4.78 is 0. The molecule has 0 bridgehead atoms. The van der Waals surface area contributed by atoms with Crippen LogP contribution >= 0.6 is 0 Å². The highest BCUT2D eigenvalue weighted by molar-refractivity contribution is 5.46. The summed E-state index contributed by atoms with van der Waals surface area (Å²) in [5.41, 5.74) is 2.56. The van der Waals surface area contributed by atoms with Gasteiger partial charge in [0.2, 0.25) is 0 Å². The first-order valence-corrected chi connectivity index (χ1v) is 8.15. The highest BCUT2D eigenvalue weighted by atomic mass is 16.2. The minimum absolute atomic E-state index is 0.275. The van der Waals surface area contributed by atoms with Crippen molar-refractivity contribution in [3.63, 3.8) is 0 Å². The molecule has 20 heavy (non-hydrogen) atoms. The third-order valence-electron chi connectivity index (χ3n) is 4.64. The van der Waals surface area contributed by atoms with Crippen molar-refractivity contribution in [1.82, 2.24) is 0 Å². The molecular weight excluding hydrogens is 246 g/mol. The lowest BCUT2D eigenvalue weighted by Crippen LogP contribution is -2.27. The Morgan fingerprint density at radius 2 is 1.95 bits per heavy atom. The highest BCUT2D eigenvalue weighted by Crippen LogP contribution is 2.31. The average molecular weight is 275 g/mol. The van der Waals surface area contributed by atoms with E-state index in [1.165, 1.54) is 36.9 Å².